The van der Waals surface area contributed by atoms with E-state index < -0.39 is 23.3 Å². The smallest absolute Gasteiger partial charge is 0.330 e. The number of rotatable bonds is 9. The first-order valence-electron chi connectivity index (χ1n) is 5.74. The van der Waals surface area contributed by atoms with E-state index in [1.807, 2.05) is 0 Å². The third kappa shape index (κ3) is 7.15. The third-order valence-electron chi connectivity index (χ3n) is 2.19. The largest absolute Gasteiger partial charge is 0.462 e. The highest BCUT2D eigenvalue weighted by Gasteiger charge is 2.30. The summed E-state index contributed by atoms with van der Waals surface area (Å²) in [6.45, 7) is 11.1. The minimum absolute atomic E-state index is 0.104. The summed E-state index contributed by atoms with van der Waals surface area (Å²) in [6, 6.07) is 0. The molecule has 0 aliphatic heterocycles. The van der Waals surface area contributed by atoms with Gasteiger partial charge in [0.2, 0.25) is 0 Å². The zero-order chi connectivity index (χ0) is 15.6. The Labute approximate surface area is 117 Å². The van der Waals surface area contributed by atoms with Gasteiger partial charge in [-0.25, -0.2) is 14.4 Å². The van der Waals surface area contributed by atoms with E-state index in [-0.39, 0.29) is 19.8 Å². The van der Waals surface area contributed by atoms with Crippen LogP contribution in [0.25, 0.3) is 0 Å². The Morgan fingerprint density at radius 2 is 1.05 bits per heavy atom. The van der Waals surface area contributed by atoms with Crippen molar-refractivity contribution in [2.24, 2.45) is 5.41 Å². The fraction of sp³-hybridized carbons (Fsp3) is 0.357. The molecule has 0 radical (unpaired) electrons. The second kappa shape index (κ2) is 8.68. The Morgan fingerprint density at radius 1 is 0.800 bits per heavy atom. The number of hydrogen-bond donors (Lipinski definition) is 0. The van der Waals surface area contributed by atoms with E-state index in [2.05, 4.69) is 19.7 Å². The normalized spacial score (nSPS) is 10.1. The minimum Gasteiger partial charge on any atom is -0.462 e. The molecule has 0 amide bonds. The van der Waals surface area contributed by atoms with Crippen LogP contribution in [-0.2, 0) is 28.6 Å². The zero-order valence-electron chi connectivity index (χ0n) is 11.4. The molecule has 0 saturated carbocycles. The van der Waals surface area contributed by atoms with Crippen LogP contribution in [0.5, 0.6) is 0 Å². The first kappa shape index (κ1) is 17.6. The molecule has 20 heavy (non-hydrogen) atoms. The van der Waals surface area contributed by atoms with Crippen molar-refractivity contribution in [3.63, 3.8) is 0 Å². The van der Waals surface area contributed by atoms with E-state index in [1.165, 1.54) is 0 Å². The maximum Gasteiger partial charge on any atom is 0.330 e. The summed E-state index contributed by atoms with van der Waals surface area (Å²) in [5.41, 5.74) is -0.879. The molecule has 0 heterocycles. The highest BCUT2D eigenvalue weighted by Crippen LogP contribution is 2.19. The van der Waals surface area contributed by atoms with Crippen molar-refractivity contribution in [2.75, 3.05) is 19.8 Å². The average molecular weight is 282 g/mol. The molecular formula is C14H18O6. The molecule has 6 heteroatoms. The molecule has 0 aromatic rings. The number of carbonyl (C=O) groups is 3. The van der Waals surface area contributed by atoms with Gasteiger partial charge in [-0.3, -0.25) is 0 Å². The Balaban J connectivity index is 4.63. The van der Waals surface area contributed by atoms with Gasteiger partial charge in [0.15, 0.2) is 0 Å². The van der Waals surface area contributed by atoms with Crippen LogP contribution in [0.15, 0.2) is 38.0 Å². The third-order valence-corrected chi connectivity index (χ3v) is 2.19. The van der Waals surface area contributed by atoms with Crippen LogP contribution in [-0.4, -0.2) is 37.7 Å². The van der Waals surface area contributed by atoms with Gasteiger partial charge in [-0.2, -0.15) is 0 Å². The van der Waals surface area contributed by atoms with Gasteiger partial charge in [0, 0.05) is 18.2 Å². The van der Waals surface area contributed by atoms with Crippen LogP contribution < -0.4 is 0 Å². The molecule has 110 valence electrons. The van der Waals surface area contributed by atoms with Gasteiger partial charge in [0.05, 0.1) is 5.41 Å². The van der Waals surface area contributed by atoms with Gasteiger partial charge in [0.1, 0.15) is 19.8 Å². The summed E-state index contributed by atoms with van der Waals surface area (Å²) >= 11 is 0. The fourth-order valence-corrected chi connectivity index (χ4v) is 1.04. The van der Waals surface area contributed by atoms with Gasteiger partial charge in [0.25, 0.3) is 0 Å². The van der Waals surface area contributed by atoms with E-state index in [0.29, 0.717) is 0 Å². The van der Waals surface area contributed by atoms with Crippen molar-refractivity contribution >= 4 is 17.9 Å². The van der Waals surface area contributed by atoms with E-state index in [0.717, 1.165) is 18.2 Å². The lowest BCUT2D eigenvalue weighted by Gasteiger charge is -2.27. The SMILES string of the molecule is C=CC(=O)OCC(C)(COC(=O)C=C)COC(=O)C=C. The van der Waals surface area contributed by atoms with Crippen molar-refractivity contribution in [3.8, 4) is 0 Å². The fourth-order valence-electron chi connectivity index (χ4n) is 1.04. The molecule has 0 spiro atoms. The van der Waals surface area contributed by atoms with Crippen molar-refractivity contribution in [1.82, 2.24) is 0 Å². The predicted molar refractivity (Wildman–Crippen MR) is 71.6 cm³/mol. The molecule has 0 bridgehead atoms. The molecule has 0 aromatic heterocycles. The summed E-state index contributed by atoms with van der Waals surface area (Å²) in [7, 11) is 0. The van der Waals surface area contributed by atoms with Crippen LogP contribution in [0.1, 0.15) is 6.92 Å². The molecule has 0 atom stereocenters. The molecule has 0 rings (SSSR count). The molecule has 0 aliphatic carbocycles. The van der Waals surface area contributed by atoms with E-state index in [1.54, 1.807) is 6.92 Å². The van der Waals surface area contributed by atoms with Crippen molar-refractivity contribution in [2.45, 2.75) is 6.92 Å². The molecule has 6 nitrogen and oxygen atoms in total. The van der Waals surface area contributed by atoms with Crippen LogP contribution in [0.2, 0.25) is 0 Å². The number of ether oxygens (including phenoxy) is 3. The molecular weight excluding hydrogens is 264 g/mol. The summed E-state index contributed by atoms with van der Waals surface area (Å²) in [5, 5.41) is 0. The second-order valence-electron chi connectivity index (χ2n) is 4.25. The van der Waals surface area contributed by atoms with E-state index >= 15 is 0 Å². The Morgan fingerprint density at radius 3 is 1.25 bits per heavy atom. The van der Waals surface area contributed by atoms with Crippen molar-refractivity contribution in [3.05, 3.63) is 38.0 Å². The van der Waals surface area contributed by atoms with Gasteiger partial charge >= 0.3 is 17.9 Å². The van der Waals surface area contributed by atoms with Crippen LogP contribution in [0.3, 0.4) is 0 Å². The second-order valence-corrected chi connectivity index (χ2v) is 4.25. The van der Waals surface area contributed by atoms with Gasteiger partial charge < -0.3 is 14.2 Å². The summed E-state index contributed by atoms with van der Waals surface area (Å²) in [6.07, 6.45) is 3.02. The molecule has 0 aliphatic rings. The Hall–Kier alpha value is -2.37. The highest BCUT2D eigenvalue weighted by atomic mass is 16.6. The van der Waals surface area contributed by atoms with Crippen molar-refractivity contribution in [1.29, 1.82) is 0 Å². The summed E-state index contributed by atoms with van der Waals surface area (Å²) in [5.74, 6) is -1.87. The molecule has 0 N–H and O–H groups in total. The van der Waals surface area contributed by atoms with Gasteiger partial charge in [-0.15, -0.1) is 0 Å². The van der Waals surface area contributed by atoms with Gasteiger partial charge in [-0.05, 0) is 6.92 Å². The van der Waals surface area contributed by atoms with E-state index in [9.17, 15) is 14.4 Å². The van der Waals surface area contributed by atoms with Crippen molar-refractivity contribution < 1.29 is 28.6 Å². The lowest BCUT2D eigenvalue weighted by molar-refractivity contribution is -0.154. The first-order valence-corrected chi connectivity index (χ1v) is 5.74. The maximum atomic E-state index is 11.1. The lowest BCUT2D eigenvalue weighted by atomic mass is 9.94. The first-order chi connectivity index (χ1) is 9.36. The number of carbonyl (C=O) groups excluding carboxylic acids is 3. The molecule has 0 saturated heterocycles. The monoisotopic (exact) mass is 282 g/mol. The lowest BCUT2D eigenvalue weighted by Crippen LogP contribution is -2.36. The summed E-state index contributed by atoms with van der Waals surface area (Å²) < 4.78 is 14.7. The maximum absolute atomic E-state index is 11.1. The summed E-state index contributed by atoms with van der Waals surface area (Å²) in [4.78, 5) is 33.2. The predicted octanol–water partition coefficient (Wildman–Crippen LogP) is 1.18. The van der Waals surface area contributed by atoms with E-state index in [4.69, 9.17) is 14.2 Å². The van der Waals surface area contributed by atoms with Crippen LogP contribution in [0.4, 0.5) is 0 Å². The number of esters is 3. The van der Waals surface area contributed by atoms with Crippen LogP contribution >= 0.6 is 0 Å². The molecule has 0 aromatic carbocycles. The average Bonchev–Trinajstić information content (AvgIpc) is 2.47. The molecule has 0 unspecified atom stereocenters. The standard InChI is InChI=1S/C14H18O6/c1-5-11(15)18-8-14(4,9-19-12(16)6-2)10-20-13(17)7-3/h5-7H,1-3,8-10H2,4H3. The minimum atomic E-state index is -0.879. The topological polar surface area (TPSA) is 78.9 Å². The Kier molecular flexibility index (Phi) is 7.65. The zero-order valence-corrected chi connectivity index (χ0v) is 11.4. The van der Waals surface area contributed by atoms with Crippen LogP contribution in [0, 0.1) is 5.41 Å². The Bertz CT molecular complexity index is 350. The quantitative estimate of drug-likeness (QED) is 0.359. The highest BCUT2D eigenvalue weighted by molar-refractivity contribution is 5.82. The van der Waals surface area contributed by atoms with Gasteiger partial charge in [-0.1, -0.05) is 19.7 Å². The number of hydrogen-bond acceptors (Lipinski definition) is 6. The molecule has 0 fully saturated rings.